The molecule has 2 aromatic rings. The Morgan fingerprint density at radius 1 is 0.962 bits per heavy atom. The molecule has 0 saturated heterocycles. The summed E-state index contributed by atoms with van der Waals surface area (Å²) in [5.41, 5.74) is 2.84. The molecule has 5 nitrogen and oxygen atoms in total. The van der Waals surface area contributed by atoms with Crippen molar-refractivity contribution in [3.63, 3.8) is 0 Å². The van der Waals surface area contributed by atoms with Crippen LogP contribution in [-0.2, 0) is 11.2 Å². The molecule has 2 rings (SSSR count). The molecule has 2 atom stereocenters. The van der Waals surface area contributed by atoms with Crippen LogP contribution in [0, 0.1) is 19.8 Å². The zero-order valence-electron chi connectivity index (χ0n) is 15.6. The van der Waals surface area contributed by atoms with E-state index >= 15 is 0 Å². The molecule has 0 aromatic heterocycles. The van der Waals surface area contributed by atoms with E-state index < -0.39 is 0 Å². The Balaban J connectivity index is 2.40. The Morgan fingerprint density at radius 2 is 1.62 bits per heavy atom. The first-order valence-corrected chi connectivity index (χ1v) is 8.63. The first-order valence-electron chi connectivity index (χ1n) is 8.63. The van der Waals surface area contributed by atoms with Crippen LogP contribution in [0.15, 0.2) is 24.3 Å². The van der Waals surface area contributed by atoms with E-state index in [0.29, 0.717) is 24.0 Å². The van der Waals surface area contributed by atoms with Gasteiger partial charge in [0.15, 0.2) is 11.5 Å². The molecule has 26 heavy (non-hydrogen) atoms. The van der Waals surface area contributed by atoms with Gasteiger partial charge in [-0.15, -0.1) is 0 Å². The third kappa shape index (κ3) is 4.28. The van der Waals surface area contributed by atoms with Gasteiger partial charge < -0.3 is 25.2 Å². The zero-order chi connectivity index (χ0) is 19.6. The second-order valence-corrected chi connectivity index (χ2v) is 7.12. The van der Waals surface area contributed by atoms with Gasteiger partial charge >= 0.3 is 0 Å². The number of hydrogen-bond donors (Lipinski definition) is 4. The minimum Gasteiger partial charge on any atom is -0.508 e. The van der Waals surface area contributed by atoms with Crippen LogP contribution < -0.4 is 0 Å². The molecule has 0 radical (unpaired) electrons. The predicted octanol–water partition coefficient (Wildman–Crippen LogP) is 4.07. The van der Waals surface area contributed by atoms with Crippen LogP contribution >= 0.6 is 0 Å². The van der Waals surface area contributed by atoms with E-state index in [1.807, 2.05) is 6.92 Å². The van der Waals surface area contributed by atoms with Crippen molar-refractivity contribution in [3.8, 4) is 23.0 Å². The quantitative estimate of drug-likeness (QED) is 0.584. The molecular weight excluding hydrogens is 332 g/mol. The van der Waals surface area contributed by atoms with Crippen molar-refractivity contribution in [1.82, 2.24) is 0 Å². The van der Waals surface area contributed by atoms with E-state index in [2.05, 4.69) is 0 Å². The standard InChI is InChI=1S/C21H26O5/c1-11-6-17(23)10-19(24)18(11)8-16(7-13(3)22)14(4)15-5-12(2)21(26)20(25)9-15/h5-6,9-10,14,16,23-26H,7-8H2,1-4H3/t14-,16-/m1/s1. The van der Waals surface area contributed by atoms with Crippen molar-refractivity contribution in [1.29, 1.82) is 0 Å². The highest BCUT2D eigenvalue weighted by atomic mass is 16.3. The van der Waals surface area contributed by atoms with Crippen LogP contribution in [0.3, 0.4) is 0 Å². The van der Waals surface area contributed by atoms with Gasteiger partial charge in [-0.25, -0.2) is 0 Å². The fraction of sp³-hybridized carbons (Fsp3) is 0.381. The van der Waals surface area contributed by atoms with Crippen LogP contribution in [0.2, 0.25) is 0 Å². The third-order valence-electron chi connectivity index (χ3n) is 4.99. The van der Waals surface area contributed by atoms with Crippen LogP contribution in [0.1, 0.15) is 48.4 Å². The molecule has 4 N–H and O–H groups in total. The lowest BCUT2D eigenvalue weighted by Crippen LogP contribution is -2.17. The van der Waals surface area contributed by atoms with E-state index in [4.69, 9.17) is 0 Å². The maximum Gasteiger partial charge on any atom is 0.160 e. The average Bonchev–Trinajstić information content (AvgIpc) is 2.53. The molecule has 0 spiro atoms. The van der Waals surface area contributed by atoms with Crippen molar-refractivity contribution in [3.05, 3.63) is 46.5 Å². The average molecular weight is 358 g/mol. The van der Waals surface area contributed by atoms with Gasteiger partial charge in [0.25, 0.3) is 0 Å². The number of phenols is 4. The molecule has 140 valence electrons. The number of ketones is 1. The molecule has 0 saturated carbocycles. The Bertz CT molecular complexity index is 779. The minimum atomic E-state index is -0.183. The van der Waals surface area contributed by atoms with E-state index in [0.717, 1.165) is 11.1 Å². The summed E-state index contributed by atoms with van der Waals surface area (Å²) in [6, 6.07) is 6.20. The largest absolute Gasteiger partial charge is 0.508 e. The van der Waals surface area contributed by atoms with Gasteiger partial charge in [0.1, 0.15) is 17.3 Å². The molecule has 0 unspecified atom stereocenters. The van der Waals surface area contributed by atoms with Gasteiger partial charge in [-0.3, -0.25) is 0 Å². The number of rotatable bonds is 6. The van der Waals surface area contributed by atoms with Crippen molar-refractivity contribution < 1.29 is 25.2 Å². The highest BCUT2D eigenvalue weighted by Gasteiger charge is 2.24. The van der Waals surface area contributed by atoms with E-state index in [1.54, 1.807) is 26.0 Å². The van der Waals surface area contributed by atoms with Gasteiger partial charge in [0.05, 0.1) is 0 Å². The number of aromatic hydroxyl groups is 4. The lowest BCUT2D eigenvalue weighted by Gasteiger charge is -2.25. The summed E-state index contributed by atoms with van der Waals surface area (Å²) in [6.07, 6.45) is 0.779. The monoisotopic (exact) mass is 358 g/mol. The predicted molar refractivity (Wildman–Crippen MR) is 99.9 cm³/mol. The summed E-state index contributed by atoms with van der Waals surface area (Å²) in [5, 5.41) is 39.5. The maximum atomic E-state index is 11.8. The van der Waals surface area contributed by atoms with Gasteiger partial charge in [-0.05, 0) is 73.4 Å². The van der Waals surface area contributed by atoms with Crippen LogP contribution in [-0.4, -0.2) is 26.2 Å². The van der Waals surface area contributed by atoms with Crippen molar-refractivity contribution in [2.75, 3.05) is 0 Å². The SMILES string of the molecule is CC(=O)C[C@H](Cc1c(C)cc(O)cc1O)[C@H](C)c1cc(C)c(O)c(O)c1. The second kappa shape index (κ2) is 7.68. The van der Waals surface area contributed by atoms with Gasteiger partial charge in [0, 0.05) is 12.5 Å². The normalized spacial score (nSPS) is 13.4. The Hall–Kier alpha value is -2.69. The Labute approximate surface area is 153 Å². The maximum absolute atomic E-state index is 11.8. The van der Waals surface area contributed by atoms with Gasteiger partial charge in [-0.2, -0.15) is 0 Å². The van der Waals surface area contributed by atoms with Crippen molar-refractivity contribution in [2.45, 2.75) is 46.5 Å². The van der Waals surface area contributed by atoms with Crippen molar-refractivity contribution >= 4 is 5.78 Å². The summed E-state index contributed by atoms with van der Waals surface area (Å²) < 4.78 is 0. The molecule has 0 aliphatic rings. The molecule has 0 aliphatic heterocycles. The highest BCUT2D eigenvalue weighted by Crippen LogP contribution is 2.38. The second-order valence-electron chi connectivity index (χ2n) is 7.12. The fourth-order valence-electron chi connectivity index (χ4n) is 3.43. The summed E-state index contributed by atoms with van der Waals surface area (Å²) in [7, 11) is 0. The third-order valence-corrected chi connectivity index (χ3v) is 4.99. The highest BCUT2D eigenvalue weighted by molar-refractivity contribution is 5.76. The summed E-state index contributed by atoms with van der Waals surface area (Å²) in [5.74, 6) is -0.473. The van der Waals surface area contributed by atoms with Gasteiger partial charge in [-0.1, -0.05) is 13.0 Å². The molecule has 0 fully saturated rings. The van der Waals surface area contributed by atoms with E-state index in [1.165, 1.54) is 19.1 Å². The number of carbonyl (C=O) groups excluding carboxylic acids is 1. The lowest BCUT2D eigenvalue weighted by molar-refractivity contribution is -0.118. The van der Waals surface area contributed by atoms with Gasteiger partial charge in [0.2, 0.25) is 0 Å². The zero-order valence-corrected chi connectivity index (χ0v) is 15.6. The molecule has 0 heterocycles. The molecule has 0 bridgehead atoms. The molecule has 0 amide bonds. The smallest absolute Gasteiger partial charge is 0.160 e. The molecule has 5 heteroatoms. The summed E-state index contributed by atoms with van der Waals surface area (Å²) >= 11 is 0. The van der Waals surface area contributed by atoms with E-state index in [9.17, 15) is 25.2 Å². The first kappa shape index (κ1) is 19.6. The number of phenolic OH excluding ortho intramolecular Hbond substituents is 4. The summed E-state index contributed by atoms with van der Waals surface area (Å²) in [4.78, 5) is 11.8. The Morgan fingerprint density at radius 3 is 2.15 bits per heavy atom. The molecular formula is C21H26O5. The lowest BCUT2D eigenvalue weighted by atomic mass is 9.79. The van der Waals surface area contributed by atoms with Crippen LogP contribution in [0.5, 0.6) is 23.0 Å². The molecule has 2 aromatic carbocycles. The summed E-state index contributed by atoms with van der Waals surface area (Å²) in [6.45, 7) is 7.01. The number of carbonyl (C=O) groups is 1. The number of hydrogen-bond acceptors (Lipinski definition) is 5. The topological polar surface area (TPSA) is 98.0 Å². The number of aryl methyl sites for hydroxylation is 2. The minimum absolute atomic E-state index is 0.000928. The van der Waals surface area contributed by atoms with Crippen molar-refractivity contribution in [2.24, 2.45) is 5.92 Å². The molecule has 0 aliphatic carbocycles. The van der Waals surface area contributed by atoms with Crippen LogP contribution in [0.25, 0.3) is 0 Å². The van der Waals surface area contributed by atoms with E-state index in [-0.39, 0.29) is 40.6 Å². The van der Waals surface area contributed by atoms with Crippen LogP contribution in [0.4, 0.5) is 0 Å². The first-order chi connectivity index (χ1) is 12.1. The fourth-order valence-corrected chi connectivity index (χ4v) is 3.43. The number of Topliss-reactive ketones (excluding diaryl/α,β-unsaturated/α-hetero) is 1. The Kier molecular flexibility index (Phi) is 5.80. The number of benzene rings is 2.